The number of nitrogens with zero attached hydrogens (tertiary/aromatic N) is 2. The maximum atomic E-state index is 9.07. The predicted molar refractivity (Wildman–Crippen MR) is 61.4 cm³/mol. The molecule has 0 bridgehead atoms. The summed E-state index contributed by atoms with van der Waals surface area (Å²) < 4.78 is 2.85. The summed E-state index contributed by atoms with van der Waals surface area (Å²) in [6.07, 6.45) is 1.70. The van der Waals surface area contributed by atoms with Gasteiger partial charge in [-0.15, -0.1) is 0 Å². The molecule has 1 N–H and O–H groups in total. The molecule has 2 rings (SSSR count). The molecule has 1 heterocycles. The van der Waals surface area contributed by atoms with Gasteiger partial charge in [-0.25, -0.2) is 0 Å². The van der Waals surface area contributed by atoms with Crippen LogP contribution in [0.3, 0.4) is 0 Å². The van der Waals surface area contributed by atoms with Crippen molar-refractivity contribution in [2.45, 2.75) is 13.2 Å². The minimum Gasteiger partial charge on any atom is -0.390 e. The Morgan fingerprint density at radius 1 is 1.33 bits per heavy atom. The van der Waals surface area contributed by atoms with Gasteiger partial charge in [0.2, 0.25) is 0 Å². The predicted octanol–water partition coefficient (Wildman–Crippen LogP) is 2.19. The highest BCUT2D eigenvalue weighted by molar-refractivity contribution is 9.10. The van der Waals surface area contributed by atoms with Gasteiger partial charge in [0.1, 0.15) is 0 Å². The molecule has 0 atom stereocenters. The lowest BCUT2D eigenvalue weighted by atomic mass is 10.2. The highest BCUT2D eigenvalue weighted by atomic mass is 79.9. The number of benzene rings is 1. The molecule has 0 saturated carbocycles. The molecule has 15 heavy (non-hydrogen) atoms. The Balaban J connectivity index is 2.22. The first-order valence-electron chi connectivity index (χ1n) is 4.65. The van der Waals surface area contributed by atoms with Gasteiger partial charge in [-0.1, -0.05) is 28.1 Å². The van der Waals surface area contributed by atoms with E-state index in [1.54, 1.807) is 10.9 Å². The fraction of sp³-hybridized carbons (Fsp3) is 0.182. The van der Waals surface area contributed by atoms with Gasteiger partial charge in [0.05, 0.1) is 18.8 Å². The highest BCUT2D eigenvalue weighted by Gasteiger charge is 2.01. The molecule has 3 nitrogen and oxygen atoms in total. The quantitative estimate of drug-likeness (QED) is 0.925. The average molecular weight is 267 g/mol. The molecule has 2 aromatic rings. The van der Waals surface area contributed by atoms with Crippen molar-refractivity contribution in [3.05, 3.63) is 52.3 Å². The topological polar surface area (TPSA) is 38.1 Å². The van der Waals surface area contributed by atoms with Crippen molar-refractivity contribution in [1.82, 2.24) is 9.78 Å². The zero-order valence-electron chi connectivity index (χ0n) is 8.10. The van der Waals surface area contributed by atoms with Crippen LogP contribution < -0.4 is 0 Å². The fourth-order valence-electron chi connectivity index (χ4n) is 1.44. The average Bonchev–Trinajstić information content (AvgIpc) is 2.65. The second-order valence-corrected chi connectivity index (χ2v) is 4.18. The fourth-order valence-corrected chi connectivity index (χ4v) is 1.89. The van der Waals surface area contributed by atoms with Crippen molar-refractivity contribution in [2.75, 3.05) is 0 Å². The summed E-state index contributed by atoms with van der Waals surface area (Å²) in [5.41, 5.74) is 1.98. The van der Waals surface area contributed by atoms with Crippen LogP contribution in [0.2, 0.25) is 0 Å². The molecule has 0 amide bonds. The van der Waals surface area contributed by atoms with Gasteiger partial charge in [0.25, 0.3) is 0 Å². The number of halogens is 1. The van der Waals surface area contributed by atoms with Gasteiger partial charge in [-0.2, -0.15) is 5.10 Å². The van der Waals surface area contributed by atoms with Gasteiger partial charge >= 0.3 is 0 Å². The van der Waals surface area contributed by atoms with Crippen molar-refractivity contribution < 1.29 is 5.11 Å². The summed E-state index contributed by atoms with van der Waals surface area (Å²) in [5.74, 6) is 0. The monoisotopic (exact) mass is 266 g/mol. The molecule has 1 aromatic heterocycles. The lowest BCUT2D eigenvalue weighted by Crippen LogP contribution is -2.05. The molecule has 1 aromatic carbocycles. The van der Waals surface area contributed by atoms with E-state index in [1.807, 2.05) is 30.3 Å². The lowest BCUT2D eigenvalue weighted by Gasteiger charge is -2.05. The lowest BCUT2D eigenvalue weighted by molar-refractivity contribution is 0.269. The molecule has 0 radical (unpaired) electrons. The molecule has 0 aliphatic rings. The van der Waals surface area contributed by atoms with Crippen LogP contribution >= 0.6 is 15.9 Å². The van der Waals surface area contributed by atoms with Crippen molar-refractivity contribution in [2.24, 2.45) is 0 Å². The Kier molecular flexibility index (Phi) is 3.18. The maximum absolute atomic E-state index is 9.07. The standard InChI is InChI=1S/C11H11BrN2O/c12-10-3-1-2-9(6-10)7-14-11(8-15)4-5-13-14/h1-6,15H,7-8H2. The van der Waals surface area contributed by atoms with Gasteiger partial charge in [-0.05, 0) is 23.8 Å². The first-order chi connectivity index (χ1) is 7.29. The van der Waals surface area contributed by atoms with Crippen molar-refractivity contribution in [3.8, 4) is 0 Å². The summed E-state index contributed by atoms with van der Waals surface area (Å²) in [6.45, 7) is 0.705. The SMILES string of the molecule is OCc1ccnn1Cc1cccc(Br)c1. The first kappa shape index (κ1) is 10.4. The molecule has 0 saturated heterocycles. The smallest absolute Gasteiger partial charge is 0.0850 e. The Morgan fingerprint density at radius 3 is 2.93 bits per heavy atom. The first-order valence-corrected chi connectivity index (χ1v) is 5.45. The molecule has 0 spiro atoms. The zero-order valence-corrected chi connectivity index (χ0v) is 9.68. The van der Waals surface area contributed by atoms with Crippen LogP contribution in [0.5, 0.6) is 0 Å². The number of aliphatic hydroxyl groups is 1. The van der Waals surface area contributed by atoms with E-state index in [9.17, 15) is 0 Å². The molecular weight excluding hydrogens is 256 g/mol. The van der Waals surface area contributed by atoms with Gasteiger partial charge in [-0.3, -0.25) is 4.68 Å². The summed E-state index contributed by atoms with van der Waals surface area (Å²) >= 11 is 3.42. The van der Waals surface area contributed by atoms with E-state index in [4.69, 9.17) is 5.11 Å². The van der Waals surface area contributed by atoms with Crippen LogP contribution in [0.4, 0.5) is 0 Å². The molecule has 0 fully saturated rings. The van der Waals surface area contributed by atoms with E-state index in [2.05, 4.69) is 21.0 Å². The normalized spacial score (nSPS) is 10.5. The van der Waals surface area contributed by atoms with Crippen LogP contribution in [0, 0.1) is 0 Å². The van der Waals surface area contributed by atoms with E-state index in [0.717, 1.165) is 15.7 Å². The Labute approximate surface area is 96.5 Å². The van der Waals surface area contributed by atoms with E-state index in [0.29, 0.717) is 6.54 Å². The second kappa shape index (κ2) is 4.59. The van der Waals surface area contributed by atoms with E-state index >= 15 is 0 Å². The van der Waals surface area contributed by atoms with Crippen LogP contribution in [0.1, 0.15) is 11.3 Å². The summed E-state index contributed by atoms with van der Waals surface area (Å²) in [4.78, 5) is 0. The van der Waals surface area contributed by atoms with Gasteiger partial charge < -0.3 is 5.11 Å². The summed E-state index contributed by atoms with van der Waals surface area (Å²) in [5, 5.41) is 13.2. The van der Waals surface area contributed by atoms with Crippen LogP contribution in [-0.4, -0.2) is 14.9 Å². The van der Waals surface area contributed by atoms with E-state index in [1.165, 1.54) is 0 Å². The second-order valence-electron chi connectivity index (χ2n) is 3.27. The van der Waals surface area contributed by atoms with Crippen LogP contribution in [0.25, 0.3) is 0 Å². The van der Waals surface area contributed by atoms with Crippen LogP contribution in [-0.2, 0) is 13.2 Å². The summed E-state index contributed by atoms with van der Waals surface area (Å²) in [7, 11) is 0. The van der Waals surface area contributed by atoms with Crippen molar-refractivity contribution in [3.63, 3.8) is 0 Å². The number of hydrogen-bond acceptors (Lipinski definition) is 2. The highest BCUT2D eigenvalue weighted by Crippen LogP contribution is 2.13. The molecule has 78 valence electrons. The molecule has 4 heteroatoms. The van der Waals surface area contributed by atoms with Crippen molar-refractivity contribution >= 4 is 15.9 Å². The minimum atomic E-state index is 0.0218. The molecule has 0 aliphatic carbocycles. The Bertz CT molecular complexity index is 453. The minimum absolute atomic E-state index is 0.0218. The van der Waals surface area contributed by atoms with Gasteiger partial charge in [0, 0.05) is 10.7 Å². The number of aromatic nitrogens is 2. The Hall–Kier alpha value is -1.13. The molecule has 0 aliphatic heterocycles. The third-order valence-electron chi connectivity index (χ3n) is 2.19. The van der Waals surface area contributed by atoms with Crippen molar-refractivity contribution in [1.29, 1.82) is 0 Å². The summed E-state index contributed by atoms with van der Waals surface area (Å²) in [6, 6.07) is 9.87. The molecular formula is C11H11BrN2O. The maximum Gasteiger partial charge on any atom is 0.0850 e. The zero-order chi connectivity index (χ0) is 10.7. The third kappa shape index (κ3) is 2.46. The third-order valence-corrected chi connectivity index (χ3v) is 2.68. The number of aliphatic hydroxyl groups excluding tert-OH is 1. The number of rotatable bonds is 3. The van der Waals surface area contributed by atoms with Gasteiger partial charge in [0.15, 0.2) is 0 Å². The number of hydrogen-bond donors (Lipinski definition) is 1. The van der Waals surface area contributed by atoms with E-state index < -0.39 is 0 Å². The Morgan fingerprint density at radius 2 is 2.20 bits per heavy atom. The van der Waals surface area contributed by atoms with Crippen LogP contribution in [0.15, 0.2) is 41.0 Å². The van der Waals surface area contributed by atoms with E-state index in [-0.39, 0.29) is 6.61 Å². The molecule has 0 unspecified atom stereocenters. The largest absolute Gasteiger partial charge is 0.390 e.